The van der Waals surface area contributed by atoms with E-state index in [4.69, 9.17) is 27.9 Å². The predicted octanol–water partition coefficient (Wildman–Crippen LogP) is 4.58. The van der Waals surface area contributed by atoms with Crippen molar-refractivity contribution in [2.24, 2.45) is 0 Å². The molecule has 0 bridgehead atoms. The zero-order chi connectivity index (χ0) is 22.3. The highest BCUT2D eigenvalue weighted by atomic mass is 35.5. The van der Waals surface area contributed by atoms with Gasteiger partial charge in [-0.15, -0.1) is 11.3 Å². The summed E-state index contributed by atoms with van der Waals surface area (Å²) in [5.74, 6) is 0.591. The topological polar surface area (TPSA) is 66.5 Å². The Balaban J connectivity index is 1.28. The summed E-state index contributed by atoms with van der Waals surface area (Å²) < 4.78 is 5.84. The van der Waals surface area contributed by atoms with Gasteiger partial charge in [-0.25, -0.2) is 4.98 Å². The second-order valence-corrected chi connectivity index (χ2v) is 9.19. The first-order chi connectivity index (χ1) is 15.6. The molecular formula is C23H24Cl2N4O2S. The van der Waals surface area contributed by atoms with E-state index in [9.17, 15) is 4.79 Å². The van der Waals surface area contributed by atoms with E-state index in [1.807, 2.05) is 29.6 Å². The lowest BCUT2D eigenvalue weighted by Gasteiger charge is -2.26. The Bertz CT molecular complexity index is 1070. The summed E-state index contributed by atoms with van der Waals surface area (Å²) in [4.78, 5) is 18.9. The number of piperazine rings is 1. The van der Waals surface area contributed by atoms with Gasteiger partial charge in [0.15, 0.2) is 0 Å². The lowest BCUT2D eigenvalue weighted by molar-refractivity contribution is -0.115. The number of hydrogen-bond acceptors (Lipinski definition) is 6. The number of halogens is 2. The van der Waals surface area contributed by atoms with Crippen molar-refractivity contribution in [3.05, 3.63) is 63.7 Å². The van der Waals surface area contributed by atoms with Crippen LogP contribution < -0.4 is 15.4 Å². The number of nitrogens with zero attached hydrogens (tertiary/aromatic N) is 2. The third-order valence-corrected chi connectivity index (χ3v) is 6.59. The van der Waals surface area contributed by atoms with E-state index in [0.29, 0.717) is 22.5 Å². The third-order valence-electron chi connectivity index (χ3n) is 5.18. The lowest BCUT2D eigenvalue weighted by atomic mass is 10.1. The molecule has 0 unspecified atom stereocenters. The quantitative estimate of drug-likeness (QED) is 0.452. The van der Waals surface area contributed by atoms with Gasteiger partial charge in [-0.3, -0.25) is 9.69 Å². The van der Waals surface area contributed by atoms with Gasteiger partial charge in [0.2, 0.25) is 5.91 Å². The molecule has 0 atom stereocenters. The predicted molar refractivity (Wildman–Crippen MR) is 131 cm³/mol. The normalized spacial score (nSPS) is 14.3. The number of hydrogen-bond donors (Lipinski definition) is 2. The van der Waals surface area contributed by atoms with Crippen molar-refractivity contribution in [1.82, 2.24) is 15.2 Å². The summed E-state index contributed by atoms with van der Waals surface area (Å²) in [7, 11) is 0. The summed E-state index contributed by atoms with van der Waals surface area (Å²) in [5, 5.41) is 9.98. The molecule has 168 valence electrons. The van der Waals surface area contributed by atoms with Gasteiger partial charge in [-0.2, -0.15) is 0 Å². The summed E-state index contributed by atoms with van der Waals surface area (Å²) in [6.07, 6.45) is 1.85. The number of carbonyl (C=O) groups excluding carboxylic acids is 1. The molecule has 1 aromatic carbocycles. The molecule has 32 heavy (non-hydrogen) atoms. The average molecular weight is 491 g/mol. The fourth-order valence-electron chi connectivity index (χ4n) is 3.48. The molecule has 9 heteroatoms. The molecule has 2 aromatic heterocycles. The molecule has 1 amide bonds. The van der Waals surface area contributed by atoms with Gasteiger partial charge in [0, 0.05) is 49.3 Å². The van der Waals surface area contributed by atoms with E-state index in [1.54, 1.807) is 18.3 Å². The van der Waals surface area contributed by atoms with Gasteiger partial charge in [0.05, 0.1) is 11.4 Å². The van der Waals surface area contributed by atoms with E-state index in [0.717, 1.165) is 54.4 Å². The van der Waals surface area contributed by atoms with Crippen LogP contribution in [-0.2, 0) is 11.2 Å². The van der Waals surface area contributed by atoms with E-state index < -0.39 is 0 Å². The molecule has 1 aliphatic rings. The Morgan fingerprint density at radius 2 is 2.00 bits per heavy atom. The second-order valence-electron chi connectivity index (χ2n) is 7.49. The van der Waals surface area contributed by atoms with Gasteiger partial charge in [0.1, 0.15) is 17.5 Å². The van der Waals surface area contributed by atoms with Crippen LogP contribution >= 0.6 is 34.5 Å². The van der Waals surface area contributed by atoms with Crippen molar-refractivity contribution in [2.75, 3.05) is 44.6 Å². The fourth-order valence-corrected chi connectivity index (χ4v) is 4.72. The largest absolute Gasteiger partial charge is 0.492 e. The molecule has 1 aliphatic heterocycles. The van der Waals surface area contributed by atoms with Gasteiger partial charge >= 0.3 is 0 Å². The number of ether oxygens (including phenoxy) is 1. The van der Waals surface area contributed by atoms with Crippen LogP contribution in [0.25, 0.3) is 11.1 Å². The number of pyridine rings is 1. The molecule has 1 saturated heterocycles. The smallest absolute Gasteiger partial charge is 0.229 e. The van der Waals surface area contributed by atoms with Crippen LogP contribution in [-0.4, -0.2) is 55.1 Å². The van der Waals surface area contributed by atoms with Crippen LogP contribution in [0.4, 0.5) is 5.00 Å². The number of amides is 1. The van der Waals surface area contributed by atoms with Crippen molar-refractivity contribution in [3.8, 4) is 16.9 Å². The Hall–Kier alpha value is -2.16. The summed E-state index contributed by atoms with van der Waals surface area (Å²) in [6.45, 7) is 5.62. The first-order valence-electron chi connectivity index (χ1n) is 10.4. The highest BCUT2D eigenvalue weighted by molar-refractivity contribution is 7.14. The summed E-state index contributed by atoms with van der Waals surface area (Å²) in [5.41, 5.74) is 2.70. The third kappa shape index (κ3) is 6.43. The van der Waals surface area contributed by atoms with Crippen molar-refractivity contribution in [1.29, 1.82) is 0 Å². The van der Waals surface area contributed by atoms with Gasteiger partial charge < -0.3 is 15.4 Å². The number of carbonyl (C=O) groups is 1. The molecule has 1 fully saturated rings. The molecule has 3 aromatic rings. The van der Waals surface area contributed by atoms with Gasteiger partial charge in [0.25, 0.3) is 0 Å². The average Bonchev–Trinajstić information content (AvgIpc) is 3.25. The number of benzene rings is 1. The Kier molecular flexibility index (Phi) is 8.00. The molecule has 2 N–H and O–H groups in total. The van der Waals surface area contributed by atoms with Crippen molar-refractivity contribution in [3.63, 3.8) is 0 Å². The van der Waals surface area contributed by atoms with E-state index in [2.05, 4.69) is 20.5 Å². The minimum atomic E-state index is -0.125. The monoisotopic (exact) mass is 490 g/mol. The molecule has 0 spiro atoms. The van der Waals surface area contributed by atoms with Crippen LogP contribution in [0.2, 0.25) is 10.2 Å². The minimum absolute atomic E-state index is 0.125. The molecule has 4 rings (SSSR count). The molecule has 0 radical (unpaired) electrons. The fraction of sp³-hybridized carbons (Fsp3) is 0.304. The van der Waals surface area contributed by atoms with Gasteiger partial charge in [-0.05, 0) is 47.0 Å². The van der Waals surface area contributed by atoms with Crippen LogP contribution in [0.5, 0.6) is 5.75 Å². The molecular weight excluding hydrogens is 467 g/mol. The first-order valence-corrected chi connectivity index (χ1v) is 12.0. The molecule has 6 nitrogen and oxygen atoms in total. The number of rotatable bonds is 8. The van der Waals surface area contributed by atoms with Crippen LogP contribution in [0.1, 0.15) is 5.56 Å². The number of nitrogens with one attached hydrogen (secondary N) is 2. The maximum Gasteiger partial charge on any atom is 0.229 e. The van der Waals surface area contributed by atoms with Crippen LogP contribution in [0.3, 0.4) is 0 Å². The first kappa shape index (κ1) is 23.0. The number of thiophene rings is 1. The maximum absolute atomic E-state index is 12.5. The van der Waals surface area contributed by atoms with Crippen molar-refractivity contribution >= 4 is 45.4 Å². The van der Waals surface area contributed by atoms with Crippen LogP contribution in [0, 0.1) is 0 Å². The molecule has 0 aliphatic carbocycles. The highest BCUT2D eigenvalue weighted by Gasteiger charge is 2.12. The SMILES string of the molecule is O=C(Cc1ccc(OCCN2CCNCC2)cc1Cl)Nc1cc(-c2ccnc(Cl)c2)cs1. The second kappa shape index (κ2) is 11.1. The minimum Gasteiger partial charge on any atom is -0.492 e. The van der Waals surface area contributed by atoms with Crippen molar-refractivity contribution < 1.29 is 9.53 Å². The Morgan fingerprint density at radius 1 is 1.16 bits per heavy atom. The molecule has 3 heterocycles. The zero-order valence-corrected chi connectivity index (χ0v) is 19.8. The maximum atomic E-state index is 12.5. The zero-order valence-electron chi connectivity index (χ0n) is 17.4. The van der Waals surface area contributed by atoms with Crippen molar-refractivity contribution in [2.45, 2.75) is 6.42 Å². The highest BCUT2D eigenvalue weighted by Crippen LogP contribution is 2.30. The number of aromatic nitrogens is 1. The van der Waals surface area contributed by atoms with Gasteiger partial charge in [-0.1, -0.05) is 29.3 Å². The molecule has 0 saturated carbocycles. The van der Waals surface area contributed by atoms with E-state index in [-0.39, 0.29) is 12.3 Å². The summed E-state index contributed by atoms with van der Waals surface area (Å²) >= 11 is 13.8. The Morgan fingerprint density at radius 3 is 2.78 bits per heavy atom. The standard InChI is InChI=1S/C23H24Cl2N4O2S/c24-20-14-19(31-10-9-29-7-5-26-6-8-29)2-1-17(20)12-22(30)28-23-13-18(15-32-23)16-3-4-27-21(25)11-16/h1-4,11,13-15,26H,5-10,12H2,(H,28,30). The van der Waals surface area contributed by atoms with E-state index >= 15 is 0 Å². The van der Waals surface area contributed by atoms with E-state index in [1.165, 1.54) is 11.3 Å². The van der Waals surface area contributed by atoms with Crippen LogP contribution in [0.15, 0.2) is 48.0 Å². The summed E-state index contributed by atoms with van der Waals surface area (Å²) in [6, 6.07) is 11.1. The lowest BCUT2D eigenvalue weighted by Crippen LogP contribution is -2.44. The number of anilines is 1. The Labute approximate surface area is 201 Å².